The van der Waals surface area contributed by atoms with Gasteiger partial charge in [0.25, 0.3) is 0 Å². The van der Waals surface area contributed by atoms with Crippen molar-refractivity contribution in [1.29, 1.82) is 0 Å². The summed E-state index contributed by atoms with van der Waals surface area (Å²) in [7, 11) is -3.79. The summed E-state index contributed by atoms with van der Waals surface area (Å²) in [6.45, 7) is 3.75. The number of sulfonamides is 1. The highest BCUT2D eigenvalue weighted by atomic mass is 35.5. The van der Waals surface area contributed by atoms with E-state index in [9.17, 15) is 12.8 Å². The number of benzene rings is 1. The Kier molecular flexibility index (Phi) is 6.38. The first-order valence-corrected chi connectivity index (χ1v) is 8.80. The molecule has 126 valence electrons. The number of nitrogens with one attached hydrogen (secondary N) is 1. The van der Waals surface area contributed by atoms with Crippen LogP contribution < -0.4 is 10.5 Å². The quantitative estimate of drug-likeness (QED) is 0.877. The first-order chi connectivity index (χ1) is 9.82. The molecule has 7 heteroatoms. The summed E-state index contributed by atoms with van der Waals surface area (Å²) >= 11 is 0. The van der Waals surface area contributed by atoms with Crippen LogP contribution in [-0.2, 0) is 10.0 Å². The zero-order valence-electron chi connectivity index (χ0n) is 12.9. The highest BCUT2D eigenvalue weighted by molar-refractivity contribution is 7.89. The summed E-state index contributed by atoms with van der Waals surface area (Å²) in [6.07, 6.45) is 3.70. The molecule has 0 bridgehead atoms. The van der Waals surface area contributed by atoms with Crippen molar-refractivity contribution in [2.24, 2.45) is 11.7 Å². The van der Waals surface area contributed by atoms with Gasteiger partial charge < -0.3 is 5.73 Å². The largest absolute Gasteiger partial charge is 0.329 e. The second-order valence-electron chi connectivity index (χ2n) is 5.98. The van der Waals surface area contributed by atoms with E-state index in [1.807, 2.05) is 6.92 Å². The molecule has 0 aromatic heterocycles. The van der Waals surface area contributed by atoms with Crippen LogP contribution in [0.3, 0.4) is 0 Å². The van der Waals surface area contributed by atoms with Gasteiger partial charge in [0.2, 0.25) is 10.0 Å². The number of nitrogens with two attached hydrogens (primary N) is 1. The third-order valence-corrected chi connectivity index (χ3v) is 6.36. The van der Waals surface area contributed by atoms with Crippen molar-refractivity contribution in [1.82, 2.24) is 4.72 Å². The van der Waals surface area contributed by atoms with Crippen molar-refractivity contribution in [3.05, 3.63) is 29.6 Å². The average Bonchev–Trinajstić information content (AvgIpc) is 2.44. The molecule has 1 saturated carbocycles. The standard InChI is InChI=1S/C15H23FN2O2S.ClH/c1-11-6-3-4-9-15(11,10-17)18-21(19,20)14-8-5-7-13(16)12(14)2;/h5,7-8,11,18H,3-4,6,9-10,17H2,1-2H3;1H. The molecule has 22 heavy (non-hydrogen) atoms. The molecular formula is C15H24ClFN2O2S. The lowest BCUT2D eigenvalue weighted by molar-refractivity contribution is 0.191. The van der Waals surface area contributed by atoms with Crippen LogP contribution in [0, 0.1) is 18.7 Å². The van der Waals surface area contributed by atoms with Crippen LogP contribution in [0.4, 0.5) is 4.39 Å². The van der Waals surface area contributed by atoms with Crippen molar-refractivity contribution in [2.45, 2.75) is 50.0 Å². The van der Waals surface area contributed by atoms with Gasteiger partial charge in [0.15, 0.2) is 0 Å². The van der Waals surface area contributed by atoms with E-state index in [4.69, 9.17) is 5.73 Å². The third-order valence-electron chi connectivity index (χ3n) is 4.66. The smallest absolute Gasteiger partial charge is 0.241 e. The summed E-state index contributed by atoms with van der Waals surface area (Å²) in [5.74, 6) is -0.351. The number of hydrogen-bond acceptors (Lipinski definition) is 3. The van der Waals surface area contributed by atoms with E-state index in [0.29, 0.717) is 0 Å². The van der Waals surface area contributed by atoms with Gasteiger partial charge in [0, 0.05) is 17.6 Å². The van der Waals surface area contributed by atoms with E-state index in [1.54, 1.807) is 0 Å². The van der Waals surface area contributed by atoms with Gasteiger partial charge in [-0.2, -0.15) is 0 Å². The Bertz CT molecular complexity index is 624. The van der Waals surface area contributed by atoms with Crippen LogP contribution in [0.1, 0.15) is 38.2 Å². The maximum absolute atomic E-state index is 13.6. The van der Waals surface area contributed by atoms with Crippen molar-refractivity contribution in [2.75, 3.05) is 6.54 Å². The van der Waals surface area contributed by atoms with Crippen LogP contribution in [-0.4, -0.2) is 20.5 Å². The minimum absolute atomic E-state index is 0. The summed E-state index contributed by atoms with van der Waals surface area (Å²) < 4.78 is 41.7. The van der Waals surface area contributed by atoms with Crippen LogP contribution in [0.25, 0.3) is 0 Å². The predicted octanol–water partition coefficient (Wildman–Crippen LogP) is 2.74. The predicted molar refractivity (Wildman–Crippen MR) is 88.1 cm³/mol. The molecule has 0 spiro atoms. The van der Waals surface area contributed by atoms with Crippen molar-refractivity contribution in [3.8, 4) is 0 Å². The molecule has 0 heterocycles. The fourth-order valence-corrected chi connectivity index (χ4v) is 4.90. The molecule has 2 rings (SSSR count). The Balaban J connectivity index is 0.00000242. The Morgan fingerprint density at radius 3 is 2.68 bits per heavy atom. The Labute approximate surface area is 138 Å². The minimum atomic E-state index is -3.79. The van der Waals surface area contributed by atoms with Crippen LogP contribution in [0.2, 0.25) is 0 Å². The third kappa shape index (κ3) is 3.62. The second kappa shape index (κ2) is 7.25. The summed E-state index contributed by atoms with van der Waals surface area (Å²) in [4.78, 5) is -0.00639. The fourth-order valence-electron chi connectivity index (χ4n) is 3.11. The molecule has 0 aliphatic heterocycles. The van der Waals surface area contributed by atoms with E-state index < -0.39 is 21.4 Å². The second-order valence-corrected chi connectivity index (χ2v) is 7.63. The molecule has 1 aliphatic carbocycles. The van der Waals surface area contributed by atoms with Gasteiger partial charge in [-0.25, -0.2) is 17.5 Å². The van der Waals surface area contributed by atoms with E-state index in [-0.39, 0.29) is 35.3 Å². The first-order valence-electron chi connectivity index (χ1n) is 7.31. The molecule has 1 aromatic rings. The first kappa shape index (κ1) is 19.4. The molecule has 3 N–H and O–H groups in total. The highest BCUT2D eigenvalue weighted by Crippen LogP contribution is 2.34. The Hall–Kier alpha value is -0.690. The topological polar surface area (TPSA) is 72.2 Å². The van der Waals surface area contributed by atoms with Crippen LogP contribution in [0.5, 0.6) is 0 Å². The number of halogens is 2. The maximum atomic E-state index is 13.6. The molecule has 0 radical (unpaired) electrons. The zero-order valence-corrected chi connectivity index (χ0v) is 14.6. The molecule has 4 nitrogen and oxygen atoms in total. The molecular weight excluding hydrogens is 327 g/mol. The molecule has 0 amide bonds. The lowest BCUT2D eigenvalue weighted by Gasteiger charge is -2.42. The van der Waals surface area contributed by atoms with E-state index in [2.05, 4.69) is 4.72 Å². The summed E-state index contributed by atoms with van der Waals surface area (Å²) in [5, 5.41) is 0. The molecule has 0 saturated heterocycles. The molecule has 1 aromatic carbocycles. The van der Waals surface area contributed by atoms with E-state index in [0.717, 1.165) is 25.7 Å². The van der Waals surface area contributed by atoms with Crippen LogP contribution >= 0.6 is 12.4 Å². The van der Waals surface area contributed by atoms with Gasteiger partial charge in [-0.15, -0.1) is 12.4 Å². The molecule has 1 fully saturated rings. The van der Waals surface area contributed by atoms with Crippen molar-refractivity contribution in [3.63, 3.8) is 0 Å². The number of rotatable bonds is 4. The van der Waals surface area contributed by atoms with E-state index >= 15 is 0 Å². The molecule has 2 atom stereocenters. The van der Waals surface area contributed by atoms with Crippen molar-refractivity contribution >= 4 is 22.4 Å². The summed E-state index contributed by atoms with van der Waals surface area (Å²) in [5.41, 5.74) is 5.39. The lowest BCUT2D eigenvalue weighted by atomic mass is 9.74. The van der Waals surface area contributed by atoms with Crippen molar-refractivity contribution < 1.29 is 12.8 Å². The van der Waals surface area contributed by atoms with Gasteiger partial charge in [0.05, 0.1) is 4.90 Å². The highest BCUT2D eigenvalue weighted by Gasteiger charge is 2.40. The normalized spacial score (nSPS) is 25.5. The van der Waals surface area contributed by atoms with E-state index in [1.165, 1.54) is 25.1 Å². The van der Waals surface area contributed by atoms with Gasteiger partial charge in [-0.3, -0.25) is 0 Å². The average molecular weight is 351 g/mol. The fraction of sp³-hybridized carbons (Fsp3) is 0.600. The van der Waals surface area contributed by atoms with Gasteiger partial charge in [-0.1, -0.05) is 25.8 Å². The maximum Gasteiger partial charge on any atom is 0.241 e. The van der Waals surface area contributed by atoms with Gasteiger partial charge in [-0.05, 0) is 37.8 Å². The Morgan fingerprint density at radius 2 is 2.09 bits per heavy atom. The lowest BCUT2D eigenvalue weighted by Crippen LogP contribution is -2.59. The molecule has 1 aliphatic rings. The SMILES string of the molecule is Cc1c(F)cccc1S(=O)(=O)NC1(CN)CCCCC1C.Cl. The molecule has 2 unspecified atom stereocenters. The Morgan fingerprint density at radius 1 is 1.41 bits per heavy atom. The monoisotopic (exact) mass is 350 g/mol. The van der Waals surface area contributed by atoms with Gasteiger partial charge >= 0.3 is 0 Å². The number of hydrogen-bond donors (Lipinski definition) is 2. The zero-order chi connectivity index (χ0) is 15.7. The van der Waals surface area contributed by atoms with Crippen LogP contribution in [0.15, 0.2) is 23.1 Å². The van der Waals surface area contributed by atoms with Gasteiger partial charge in [0.1, 0.15) is 5.82 Å². The minimum Gasteiger partial charge on any atom is -0.329 e. The summed E-state index contributed by atoms with van der Waals surface area (Å²) in [6, 6.07) is 4.10.